The maximum Gasteiger partial charge on any atom is 0.319 e. The lowest BCUT2D eigenvalue weighted by molar-refractivity contribution is 0.108. The average Bonchev–Trinajstić information content (AvgIpc) is 3.67. The molecule has 2 aromatic carbocycles. The molecule has 9 nitrogen and oxygen atoms in total. The monoisotopic (exact) mass is 567 g/mol. The van der Waals surface area contributed by atoms with E-state index in [4.69, 9.17) is 20.2 Å². The Balaban J connectivity index is 1.39. The number of hydrogen-bond acceptors (Lipinski definition) is 10. The molecule has 3 aliphatic heterocycles. The normalized spacial score (nSPS) is 19.0. The van der Waals surface area contributed by atoms with E-state index in [1.165, 1.54) is 19.2 Å². The molecule has 3 N–H and O–H groups in total. The van der Waals surface area contributed by atoms with E-state index in [9.17, 15) is 4.39 Å². The first-order valence-electron chi connectivity index (χ1n) is 13.7. The molecule has 40 heavy (non-hydrogen) atoms. The maximum atomic E-state index is 16.7. The van der Waals surface area contributed by atoms with Gasteiger partial charge in [-0.25, -0.2) is 13.8 Å². The molecule has 0 bridgehead atoms. The highest BCUT2D eigenvalue weighted by Gasteiger charge is 2.45. The number of nitrogens with one attached hydrogen (secondary N) is 1. The standard InChI is InChI=1S/C28H31F2N7O2S/c1-38-19-14-17-22(21(30)20(19)16-4-5-18(29)24-23(16)33-26(31)40-24)34-27(35-25(17)36-12-8-32-9-13-36)39-15-28-6-2-10-37(28)11-3-7-28/h4-5,14,32H,2-3,6-13,15H2,1H3,(H2,31,33). The molecule has 3 saturated heterocycles. The van der Waals surface area contributed by atoms with E-state index in [0.717, 1.165) is 63.2 Å². The number of aromatic nitrogens is 3. The van der Waals surface area contributed by atoms with Gasteiger partial charge in [-0.15, -0.1) is 0 Å². The van der Waals surface area contributed by atoms with E-state index in [1.54, 1.807) is 6.07 Å². The Morgan fingerprint density at radius 2 is 1.82 bits per heavy atom. The molecule has 0 atom stereocenters. The number of fused-ring (bicyclic) bond motifs is 3. The van der Waals surface area contributed by atoms with Crippen LogP contribution in [0.3, 0.4) is 0 Å². The Bertz CT molecular complexity index is 1600. The second-order valence-electron chi connectivity index (χ2n) is 10.8. The van der Waals surface area contributed by atoms with Crippen LogP contribution in [-0.4, -0.2) is 78.4 Å². The third kappa shape index (κ3) is 4.11. The lowest BCUT2D eigenvalue weighted by Gasteiger charge is -2.32. The molecule has 0 radical (unpaired) electrons. The number of methoxy groups -OCH3 is 1. The van der Waals surface area contributed by atoms with Crippen molar-refractivity contribution in [3.63, 3.8) is 0 Å². The fourth-order valence-corrected chi connectivity index (χ4v) is 7.38. The van der Waals surface area contributed by atoms with Crippen molar-refractivity contribution in [3.8, 4) is 22.9 Å². The summed E-state index contributed by atoms with van der Waals surface area (Å²) in [7, 11) is 1.48. The topological polar surface area (TPSA) is 102 Å². The molecular weight excluding hydrogens is 536 g/mol. The lowest BCUT2D eigenvalue weighted by Crippen LogP contribution is -2.44. The molecule has 3 aliphatic rings. The first-order chi connectivity index (χ1) is 19.5. The molecule has 7 rings (SSSR count). The van der Waals surface area contributed by atoms with Gasteiger partial charge >= 0.3 is 6.01 Å². The third-order valence-electron chi connectivity index (χ3n) is 8.55. The van der Waals surface area contributed by atoms with E-state index in [-0.39, 0.29) is 43.7 Å². The Morgan fingerprint density at radius 1 is 1.05 bits per heavy atom. The van der Waals surface area contributed by atoms with Gasteiger partial charge in [0.15, 0.2) is 10.9 Å². The van der Waals surface area contributed by atoms with E-state index in [0.29, 0.717) is 36.5 Å². The van der Waals surface area contributed by atoms with Crippen LogP contribution in [0.15, 0.2) is 18.2 Å². The molecule has 5 heterocycles. The predicted octanol–water partition coefficient (Wildman–Crippen LogP) is 4.19. The van der Waals surface area contributed by atoms with Gasteiger partial charge in [0.05, 0.1) is 28.4 Å². The summed E-state index contributed by atoms with van der Waals surface area (Å²) in [6.45, 7) is 5.64. The minimum absolute atomic E-state index is 0.00139. The Kier molecular flexibility index (Phi) is 6.36. The number of halogens is 2. The molecule has 3 fully saturated rings. The minimum atomic E-state index is -0.598. The van der Waals surface area contributed by atoms with Gasteiger partial charge in [0, 0.05) is 37.1 Å². The number of nitrogens with zero attached hydrogens (tertiary/aromatic N) is 5. The number of nitrogen functional groups attached to an aromatic ring is 1. The van der Waals surface area contributed by atoms with Crippen LogP contribution in [0.5, 0.6) is 11.8 Å². The summed E-state index contributed by atoms with van der Waals surface area (Å²) in [6.07, 6.45) is 4.47. The zero-order valence-electron chi connectivity index (χ0n) is 22.3. The van der Waals surface area contributed by atoms with Crippen molar-refractivity contribution in [1.29, 1.82) is 0 Å². The van der Waals surface area contributed by atoms with Crippen LogP contribution in [0, 0.1) is 11.6 Å². The van der Waals surface area contributed by atoms with Crippen LogP contribution in [0.2, 0.25) is 0 Å². The molecule has 0 amide bonds. The Morgan fingerprint density at radius 3 is 2.58 bits per heavy atom. The van der Waals surface area contributed by atoms with Crippen molar-refractivity contribution in [2.45, 2.75) is 31.2 Å². The molecule has 4 aromatic rings. The van der Waals surface area contributed by atoms with E-state index in [1.807, 2.05) is 0 Å². The zero-order valence-corrected chi connectivity index (χ0v) is 23.1. The highest BCUT2D eigenvalue weighted by molar-refractivity contribution is 7.22. The first-order valence-corrected chi connectivity index (χ1v) is 14.6. The van der Waals surface area contributed by atoms with Crippen molar-refractivity contribution in [2.75, 3.05) is 63.6 Å². The summed E-state index contributed by atoms with van der Waals surface area (Å²) in [5, 5.41) is 4.09. The van der Waals surface area contributed by atoms with E-state index in [2.05, 4.69) is 25.1 Å². The second kappa shape index (κ2) is 9.93. The summed E-state index contributed by atoms with van der Waals surface area (Å²) >= 11 is 1.03. The average molecular weight is 568 g/mol. The number of anilines is 2. The van der Waals surface area contributed by atoms with Crippen LogP contribution >= 0.6 is 11.3 Å². The van der Waals surface area contributed by atoms with E-state index < -0.39 is 11.6 Å². The number of thiazole rings is 1. The second-order valence-corrected chi connectivity index (χ2v) is 11.8. The van der Waals surface area contributed by atoms with Gasteiger partial charge in [-0.05, 0) is 57.0 Å². The summed E-state index contributed by atoms with van der Waals surface area (Å²) in [4.78, 5) is 18.4. The van der Waals surface area contributed by atoms with Crippen LogP contribution in [0.4, 0.5) is 19.7 Å². The van der Waals surface area contributed by atoms with Crippen LogP contribution < -0.4 is 25.4 Å². The SMILES string of the molecule is COc1cc2c(N3CCNCC3)nc(OCC34CCCN3CCC4)nc2c(F)c1-c1ccc(F)c2sc(N)nc12. The highest BCUT2D eigenvalue weighted by Crippen LogP contribution is 2.44. The number of piperazine rings is 1. The molecule has 0 unspecified atom stereocenters. The van der Waals surface area contributed by atoms with E-state index >= 15 is 4.39 Å². The van der Waals surface area contributed by atoms with Crippen molar-refractivity contribution in [2.24, 2.45) is 0 Å². The van der Waals surface area contributed by atoms with Gasteiger partial charge in [0.2, 0.25) is 0 Å². The summed E-state index contributed by atoms with van der Waals surface area (Å²) in [6, 6.07) is 4.72. The van der Waals surface area contributed by atoms with Crippen molar-refractivity contribution in [3.05, 3.63) is 29.8 Å². The quantitative estimate of drug-likeness (QED) is 0.355. The van der Waals surface area contributed by atoms with Crippen LogP contribution in [0.1, 0.15) is 25.7 Å². The van der Waals surface area contributed by atoms with Gasteiger partial charge in [-0.2, -0.15) is 9.97 Å². The third-order valence-corrected chi connectivity index (χ3v) is 9.45. The van der Waals surface area contributed by atoms with Crippen LogP contribution in [0.25, 0.3) is 32.2 Å². The minimum Gasteiger partial charge on any atom is -0.496 e. The molecule has 2 aromatic heterocycles. The molecule has 12 heteroatoms. The van der Waals surface area contributed by atoms with Gasteiger partial charge < -0.3 is 25.4 Å². The number of rotatable bonds is 6. The fraction of sp³-hybridized carbons (Fsp3) is 0.464. The van der Waals surface area contributed by atoms with Gasteiger partial charge in [-0.3, -0.25) is 4.90 Å². The molecule has 210 valence electrons. The number of nitrogens with two attached hydrogens (primary N) is 1. The largest absolute Gasteiger partial charge is 0.496 e. The fourth-order valence-electron chi connectivity index (χ4n) is 6.62. The zero-order chi connectivity index (χ0) is 27.4. The molecule has 0 saturated carbocycles. The molecular formula is C28H31F2N7O2S. The Labute approximate surface area is 234 Å². The summed E-state index contributed by atoms with van der Waals surface area (Å²) in [5.41, 5.74) is 6.86. The predicted molar refractivity (Wildman–Crippen MR) is 152 cm³/mol. The van der Waals surface area contributed by atoms with Crippen molar-refractivity contribution >= 4 is 43.4 Å². The lowest BCUT2D eigenvalue weighted by atomic mass is 9.95. The van der Waals surface area contributed by atoms with Gasteiger partial charge in [0.1, 0.15) is 29.5 Å². The Hall–Kier alpha value is -3.35. The van der Waals surface area contributed by atoms with Crippen LogP contribution in [-0.2, 0) is 0 Å². The molecule has 0 spiro atoms. The van der Waals surface area contributed by atoms with Gasteiger partial charge in [0.25, 0.3) is 0 Å². The first kappa shape index (κ1) is 25.6. The molecule has 0 aliphatic carbocycles. The van der Waals surface area contributed by atoms with Crippen molar-refractivity contribution < 1.29 is 18.3 Å². The number of ether oxygens (including phenoxy) is 2. The number of hydrogen-bond donors (Lipinski definition) is 2. The summed E-state index contributed by atoms with van der Waals surface area (Å²) < 4.78 is 43.6. The highest BCUT2D eigenvalue weighted by atomic mass is 32.1. The number of benzene rings is 2. The van der Waals surface area contributed by atoms with Gasteiger partial charge in [-0.1, -0.05) is 11.3 Å². The van der Waals surface area contributed by atoms with Crippen molar-refractivity contribution in [1.82, 2.24) is 25.2 Å². The smallest absolute Gasteiger partial charge is 0.319 e. The summed E-state index contributed by atoms with van der Waals surface area (Å²) in [5.74, 6) is -0.164. The maximum absolute atomic E-state index is 16.7.